The van der Waals surface area contributed by atoms with Crippen molar-refractivity contribution in [2.24, 2.45) is 4.99 Å². The van der Waals surface area contributed by atoms with Gasteiger partial charge in [0.15, 0.2) is 11.0 Å². The molecule has 2 N–H and O–H groups in total. The van der Waals surface area contributed by atoms with Gasteiger partial charge in [-0.2, -0.15) is 0 Å². The maximum Gasteiger partial charge on any atom is 0.280 e. The summed E-state index contributed by atoms with van der Waals surface area (Å²) in [6.45, 7) is 1.73. The van der Waals surface area contributed by atoms with Crippen molar-refractivity contribution in [2.45, 2.75) is 11.8 Å². The van der Waals surface area contributed by atoms with E-state index < -0.39 is 10.0 Å². The number of aliphatic imine (C=N–C) groups is 1. The van der Waals surface area contributed by atoms with Crippen LogP contribution in [-0.4, -0.2) is 41.2 Å². The fourth-order valence-electron chi connectivity index (χ4n) is 4.01. The van der Waals surface area contributed by atoms with Crippen molar-refractivity contribution >= 4 is 38.8 Å². The van der Waals surface area contributed by atoms with Crippen molar-refractivity contribution in [3.63, 3.8) is 0 Å². The molecule has 5 rings (SSSR count). The molecule has 0 atom stereocenters. The SMILES string of the molecule is COc1ccc(-c2[nH]n(-c3ccccc3)c(=O)c2C(C)=Nc2ccc(S(=O)(=O)Nc3ccc(Cl)nn3)cc2)cc1. The van der Waals surface area contributed by atoms with E-state index in [1.54, 1.807) is 26.2 Å². The second-order valence-corrected chi connectivity index (χ2v) is 10.7. The summed E-state index contributed by atoms with van der Waals surface area (Å²) < 4.78 is 34.6. The number of rotatable bonds is 8. The predicted molar refractivity (Wildman–Crippen MR) is 155 cm³/mol. The Balaban J connectivity index is 1.50. The van der Waals surface area contributed by atoms with Crippen molar-refractivity contribution in [3.05, 3.63) is 112 Å². The Labute approximate surface area is 235 Å². The molecule has 202 valence electrons. The lowest BCUT2D eigenvalue weighted by Crippen LogP contribution is -2.19. The summed E-state index contributed by atoms with van der Waals surface area (Å²) in [5.74, 6) is 0.726. The number of aromatic amines is 1. The van der Waals surface area contributed by atoms with E-state index in [2.05, 4.69) is 25.0 Å². The third-order valence-corrected chi connectivity index (χ3v) is 7.53. The van der Waals surface area contributed by atoms with E-state index in [-0.39, 0.29) is 21.4 Å². The van der Waals surface area contributed by atoms with Crippen molar-refractivity contribution in [1.29, 1.82) is 0 Å². The van der Waals surface area contributed by atoms with Crippen molar-refractivity contribution in [1.82, 2.24) is 20.0 Å². The molecule has 0 aliphatic heterocycles. The Hall–Kier alpha value is -4.74. The van der Waals surface area contributed by atoms with Crippen LogP contribution in [-0.2, 0) is 10.0 Å². The molecule has 0 aliphatic rings. The van der Waals surface area contributed by atoms with Crippen LogP contribution in [0.4, 0.5) is 11.5 Å². The van der Waals surface area contributed by atoms with Crippen molar-refractivity contribution < 1.29 is 13.2 Å². The van der Waals surface area contributed by atoms with Gasteiger partial charge >= 0.3 is 0 Å². The van der Waals surface area contributed by atoms with Crippen LogP contribution in [0.3, 0.4) is 0 Å². The molecule has 0 saturated heterocycles. The zero-order chi connectivity index (χ0) is 28.3. The lowest BCUT2D eigenvalue weighted by Gasteiger charge is -2.07. The van der Waals surface area contributed by atoms with Gasteiger partial charge in [0.1, 0.15) is 5.75 Å². The van der Waals surface area contributed by atoms with Crippen LogP contribution in [0.5, 0.6) is 5.75 Å². The highest BCUT2D eigenvalue weighted by molar-refractivity contribution is 7.92. The predicted octanol–water partition coefficient (Wildman–Crippen LogP) is 5.23. The summed E-state index contributed by atoms with van der Waals surface area (Å²) in [6.07, 6.45) is 0. The van der Waals surface area contributed by atoms with E-state index in [1.165, 1.54) is 28.9 Å². The first-order valence-corrected chi connectivity index (χ1v) is 13.8. The number of nitrogens with one attached hydrogen (secondary N) is 2. The number of hydrogen-bond donors (Lipinski definition) is 2. The molecule has 0 unspecified atom stereocenters. The van der Waals surface area contributed by atoms with Crippen LogP contribution in [0, 0.1) is 0 Å². The van der Waals surface area contributed by atoms with Crippen molar-refractivity contribution in [2.75, 3.05) is 11.8 Å². The standard InChI is InChI=1S/C28H23ClN6O4S/c1-18(30-20-10-14-23(15-11-20)40(37,38)34-25-17-16-24(29)31-32-25)26-27(19-8-12-22(39-2)13-9-19)33-35(28(26)36)21-6-4-3-5-7-21/h3-17,33H,1-2H3,(H,32,34). The Bertz CT molecular complexity index is 1830. The van der Waals surface area contributed by atoms with Gasteiger partial charge in [0.25, 0.3) is 15.6 Å². The Morgan fingerprint density at radius 2 is 1.65 bits per heavy atom. The van der Waals surface area contributed by atoms with E-state index in [0.29, 0.717) is 34.1 Å². The molecule has 12 heteroatoms. The summed E-state index contributed by atoms with van der Waals surface area (Å²) in [6, 6.07) is 25.3. The lowest BCUT2D eigenvalue weighted by molar-refractivity contribution is 0.415. The van der Waals surface area contributed by atoms with Crippen LogP contribution in [0.25, 0.3) is 16.9 Å². The first-order valence-electron chi connectivity index (χ1n) is 12.0. The van der Waals surface area contributed by atoms with Gasteiger partial charge in [-0.3, -0.25) is 19.6 Å². The van der Waals surface area contributed by atoms with Crippen LogP contribution in [0.15, 0.2) is 106 Å². The molecule has 10 nitrogen and oxygen atoms in total. The Morgan fingerprint density at radius 3 is 2.27 bits per heavy atom. The molecule has 0 radical (unpaired) electrons. The second kappa shape index (κ2) is 11.2. The number of H-pyrrole nitrogens is 1. The van der Waals surface area contributed by atoms with Crippen LogP contribution >= 0.6 is 11.6 Å². The third kappa shape index (κ3) is 5.65. The largest absolute Gasteiger partial charge is 0.497 e. The molecular weight excluding hydrogens is 552 g/mol. The van der Waals surface area contributed by atoms with Crippen LogP contribution in [0.1, 0.15) is 12.5 Å². The lowest BCUT2D eigenvalue weighted by atomic mass is 10.0. The van der Waals surface area contributed by atoms with Gasteiger partial charge in [-0.25, -0.2) is 13.1 Å². The molecule has 3 aromatic carbocycles. The fraction of sp³-hybridized carbons (Fsp3) is 0.0714. The summed E-state index contributed by atoms with van der Waals surface area (Å²) in [5, 5.41) is 10.7. The number of ether oxygens (including phenoxy) is 1. The molecule has 0 spiro atoms. The average Bonchev–Trinajstić information content (AvgIpc) is 3.32. The molecule has 2 aromatic heterocycles. The fourth-order valence-corrected chi connectivity index (χ4v) is 5.11. The molecule has 2 heterocycles. The van der Waals surface area contributed by atoms with E-state index in [1.807, 2.05) is 54.6 Å². The molecular formula is C28H23ClN6O4S. The van der Waals surface area contributed by atoms with Crippen molar-refractivity contribution in [3.8, 4) is 22.7 Å². The number of anilines is 1. The van der Waals surface area contributed by atoms with E-state index >= 15 is 0 Å². The number of methoxy groups -OCH3 is 1. The molecule has 0 fully saturated rings. The minimum absolute atomic E-state index is 0.00727. The highest BCUT2D eigenvalue weighted by atomic mass is 35.5. The minimum Gasteiger partial charge on any atom is -0.497 e. The molecule has 5 aromatic rings. The number of hydrogen-bond acceptors (Lipinski definition) is 7. The van der Waals surface area contributed by atoms with E-state index in [9.17, 15) is 13.2 Å². The zero-order valence-electron chi connectivity index (χ0n) is 21.4. The van der Waals surface area contributed by atoms with Gasteiger partial charge in [0.05, 0.1) is 40.3 Å². The van der Waals surface area contributed by atoms with E-state index in [0.717, 1.165) is 5.56 Å². The topological polar surface area (TPSA) is 131 Å². The summed E-state index contributed by atoms with van der Waals surface area (Å²) >= 11 is 5.71. The Morgan fingerprint density at radius 1 is 0.950 bits per heavy atom. The first-order chi connectivity index (χ1) is 19.2. The Kier molecular flexibility index (Phi) is 7.50. The maximum absolute atomic E-state index is 13.6. The molecule has 0 aliphatic carbocycles. The van der Waals surface area contributed by atoms with Gasteiger partial charge in [0.2, 0.25) is 0 Å². The molecule has 0 amide bonds. The number of benzene rings is 3. The van der Waals surface area contributed by atoms with E-state index in [4.69, 9.17) is 16.3 Å². The quantitative estimate of drug-likeness (QED) is 0.244. The van der Waals surface area contributed by atoms with Gasteiger partial charge in [-0.15, -0.1) is 10.2 Å². The highest BCUT2D eigenvalue weighted by Crippen LogP contribution is 2.26. The minimum atomic E-state index is -3.92. The summed E-state index contributed by atoms with van der Waals surface area (Å²) in [7, 11) is -2.33. The smallest absolute Gasteiger partial charge is 0.280 e. The first kappa shape index (κ1) is 26.9. The third-order valence-electron chi connectivity index (χ3n) is 5.96. The molecule has 40 heavy (non-hydrogen) atoms. The van der Waals surface area contributed by atoms with Gasteiger partial charge in [-0.1, -0.05) is 29.8 Å². The monoisotopic (exact) mass is 574 g/mol. The maximum atomic E-state index is 13.6. The second-order valence-electron chi connectivity index (χ2n) is 8.60. The summed E-state index contributed by atoms with van der Waals surface area (Å²) in [5.41, 5.74) is 3.07. The zero-order valence-corrected chi connectivity index (χ0v) is 22.9. The van der Waals surface area contributed by atoms with Crippen LogP contribution in [0.2, 0.25) is 5.15 Å². The number of nitrogens with zero attached hydrogens (tertiary/aromatic N) is 4. The normalized spacial score (nSPS) is 11.8. The van der Waals surface area contributed by atoms with Gasteiger partial charge < -0.3 is 4.74 Å². The summed E-state index contributed by atoms with van der Waals surface area (Å²) in [4.78, 5) is 18.3. The number of para-hydroxylation sites is 1. The average molecular weight is 575 g/mol. The van der Waals surface area contributed by atoms with Crippen LogP contribution < -0.4 is 15.0 Å². The number of sulfonamides is 1. The van der Waals surface area contributed by atoms with Gasteiger partial charge in [0, 0.05) is 5.56 Å². The number of halogens is 1. The molecule has 0 saturated carbocycles. The highest BCUT2D eigenvalue weighted by Gasteiger charge is 2.20. The van der Waals surface area contributed by atoms with Gasteiger partial charge in [-0.05, 0) is 79.7 Å². The number of aromatic nitrogens is 4. The molecule has 0 bridgehead atoms.